The molecule has 19 heavy (non-hydrogen) atoms. The first-order valence-corrected chi connectivity index (χ1v) is 6.09. The number of aromatic nitrogens is 2. The fourth-order valence-corrected chi connectivity index (χ4v) is 2.26. The van der Waals surface area contributed by atoms with E-state index in [-0.39, 0.29) is 0 Å². The summed E-state index contributed by atoms with van der Waals surface area (Å²) in [4.78, 5) is 0. The summed E-state index contributed by atoms with van der Waals surface area (Å²) in [5.41, 5.74) is 11.2. The van der Waals surface area contributed by atoms with Crippen LogP contribution in [0.5, 0.6) is 0 Å². The number of aryl methyl sites for hydroxylation is 2. The molecule has 0 bridgehead atoms. The van der Waals surface area contributed by atoms with Crippen LogP contribution in [0, 0.1) is 6.92 Å². The Labute approximate surface area is 111 Å². The van der Waals surface area contributed by atoms with E-state index in [0.717, 1.165) is 22.4 Å². The molecule has 0 aliphatic carbocycles. The van der Waals surface area contributed by atoms with Gasteiger partial charge < -0.3 is 10.2 Å². The van der Waals surface area contributed by atoms with E-state index in [0.29, 0.717) is 5.82 Å². The molecule has 2 heterocycles. The van der Waals surface area contributed by atoms with Crippen LogP contribution in [-0.4, -0.2) is 9.78 Å². The molecule has 0 saturated heterocycles. The van der Waals surface area contributed by atoms with Crippen LogP contribution >= 0.6 is 0 Å². The number of hydrogen-bond acceptors (Lipinski definition) is 3. The number of benzene rings is 1. The van der Waals surface area contributed by atoms with Crippen molar-refractivity contribution in [1.82, 2.24) is 9.78 Å². The lowest BCUT2D eigenvalue weighted by atomic mass is 9.98. The molecule has 0 fully saturated rings. The largest absolute Gasteiger partial charge is 0.472 e. The number of anilines is 1. The summed E-state index contributed by atoms with van der Waals surface area (Å²) in [6, 6.07) is 10.0. The first kappa shape index (κ1) is 11.6. The first-order valence-electron chi connectivity index (χ1n) is 6.09. The monoisotopic (exact) mass is 253 g/mol. The van der Waals surface area contributed by atoms with E-state index < -0.39 is 0 Å². The van der Waals surface area contributed by atoms with Gasteiger partial charge in [0.05, 0.1) is 18.1 Å². The Balaban J connectivity index is 2.29. The number of furan rings is 1. The van der Waals surface area contributed by atoms with Gasteiger partial charge in [-0.15, -0.1) is 0 Å². The maximum Gasteiger partial charge on any atom is 0.129 e. The quantitative estimate of drug-likeness (QED) is 0.762. The van der Waals surface area contributed by atoms with E-state index in [2.05, 4.69) is 24.2 Å². The average Bonchev–Trinajstić information content (AvgIpc) is 3.01. The van der Waals surface area contributed by atoms with Crippen molar-refractivity contribution >= 4 is 5.82 Å². The van der Waals surface area contributed by atoms with Crippen LogP contribution in [0.4, 0.5) is 5.82 Å². The number of nitrogens with two attached hydrogens (primary N) is 1. The summed E-state index contributed by atoms with van der Waals surface area (Å²) in [5, 5.41) is 4.50. The minimum atomic E-state index is 0.658. The molecule has 0 aliphatic heterocycles. The summed E-state index contributed by atoms with van der Waals surface area (Å²) in [6.07, 6.45) is 3.32. The highest BCUT2D eigenvalue weighted by molar-refractivity contribution is 5.89. The minimum absolute atomic E-state index is 0.658. The van der Waals surface area contributed by atoms with Crippen molar-refractivity contribution in [2.24, 2.45) is 7.05 Å². The highest BCUT2D eigenvalue weighted by Gasteiger charge is 2.19. The van der Waals surface area contributed by atoms with Crippen LogP contribution in [0.3, 0.4) is 0 Å². The van der Waals surface area contributed by atoms with Crippen molar-refractivity contribution < 1.29 is 4.42 Å². The molecule has 96 valence electrons. The second kappa shape index (κ2) is 4.31. The molecule has 2 aromatic heterocycles. The van der Waals surface area contributed by atoms with E-state index in [9.17, 15) is 0 Å². The molecule has 2 N–H and O–H groups in total. The van der Waals surface area contributed by atoms with Gasteiger partial charge in [-0.1, -0.05) is 24.3 Å². The van der Waals surface area contributed by atoms with Crippen LogP contribution in [-0.2, 0) is 7.05 Å². The molecule has 0 unspecified atom stereocenters. The van der Waals surface area contributed by atoms with E-state index in [4.69, 9.17) is 10.2 Å². The van der Waals surface area contributed by atoms with Crippen LogP contribution in [0.15, 0.2) is 47.3 Å². The van der Waals surface area contributed by atoms with Crippen LogP contribution in [0.2, 0.25) is 0 Å². The van der Waals surface area contributed by atoms with Gasteiger partial charge in [-0.25, -0.2) is 0 Å². The lowest BCUT2D eigenvalue weighted by Crippen LogP contribution is -1.98. The molecule has 4 heteroatoms. The molecule has 3 aromatic rings. The Morgan fingerprint density at radius 1 is 1.21 bits per heavy atom. The minimum Gasteiger partial charge on any atom is -0.472 e. The summed E-state index contributed by atoms with van der Waals surface area (Å²) < 4.78 is 6.85. The van der Waals surface area contributed by atoms with Gasteiger partial charge >= 0.3 is 0 Å². The zero-order valence-corrected chi connectivity index (χ0v) is 10.9. The fraction of sp³-hybridized carbons (Fsp3) is 0.133. The second-order valence-corrected chi connectivity index (χ2v) is 4.56. The second-order valence-electron chi connectivity index (χ2n) is 4.56. The van der Waals surface area contributed by atoms with Crippen molar-refractivity contribution in [3.8, 4) is 22.4 Å². The lowest BCUT2D eigenvalue weighted by molar-refractivity contribution is 0.568. The number of rotatable bonds is 2. The molecule has 0 spiro atoms. The Morgan fingerprint density at radius 3 is 2.68 bits per heavy atom. The van der Waals surface area contributed by atoms with Gasteiger partial charge in [0.15, 0.2) is 0 Å². The van der Waals surface area contributed by atoms with Crippen molar-refractivity contribution in [3.05, 3.63) is 48.4 Å². The molecular weight excluding hydrogens is 238 g/mol. The van der Waals surface area contributed by atoms with Crippen LogP contribution < -0.4 is 5.73 Å². The third-order valence-corrected chi connectivity index (χ3v) is 3.30. The maximum atomic E-state index is 6.18. The molecule has 0 radical (unpaired) electrons. The average molecular weight is 253 g/mol. The molecule has 0 aliphatic rings. The Morgan fingerprint density at radius 2 is 2.00 bits per heavy atom. The molecule has 0 saturated carbocycles. The van der Waals surface area contributed by atoms with Gasteiger partial charge in [0, 0.05) is 12.6 Å². The molecule has 0 atom stereocenters. The first-order chi connectivity index (χ1) is 9.18. The predicted octanol–water partition coefficient (Wildman–Crippen LogP) is 3.24. The standard InChI is InChI=1S/C15H15N3O/c1-10-5-3-4-6-12(10)13-14(11-7-8-19-9-11)17-18(2)15(13)16/h3-9H,16H2,1-2H3. The van der Waals surface area contributed by atoms with E-state index >= 15 is 0 Å². The van der Waals surface area contributed by atoms with Gasteiger partial charge in [0.1, 0.15) is 11.5 Å². The van der Waals surface area contributed by atoms with Crippen LogP contribution in [0.1, 0.15) is 5.56 Å². The predicted molar refractivity (Wildman–Crippen MR) is 75.5 cm³/mol. The van der Waals surface area contributed by atoms with E-state index in [1.165, 1.54) is 5.56 Å². The Kier molecular flexibility index (Phi) is 2.63. The summed E-state index contributed by atoms with van der Waals surface area (Å²) in [5.74, 6) is 0.658. The van der Waals surface area contributed by atoms with Crippen molar-refractivity contribution in [2.75, 3.05) is 5.73 Å². The van der Waals surface area contributed by atoms with Gasteiger partial charge in [0.25, 0.3) is 0 Å². The smallest absolute Gasteiger partial charge is 0.129 e. The fourth-order valence-electron chi connectivity index (χ4n) is 2.26. The highest BCUT2D eigenvalue weighted by Crippen LogP contribution is 2.37. The third-order valence-electron chi connectivity index (χ3n) is 3.30. The molecule has 0 amide bonds. The zero-order valence-electron chi connectivity index (χ0n) is 10.9. The van der Waals surface area contributed by atoms with Crippen molar-refractivity contribution in [3.63, 3.8) is 0 Å². The Hall–Kier alpha value is -2.49. The van der Waals surface area contributed by atoms with Crippen molar-refractivity contribution in [2.45, 2.75) is 6.92 Å². The van der Waals surface area contributed by atoms with E-state index in [1.807, 2.05) is 25.2 Å². The lowest BCUT2D eigenvalue weighted by Gasteiger charge is -2.06. The number of hydrogen-bond donors (Lipinski definition) is 1. The summed E-state index contributed by atoms with van der Waals surface area (Å²) in [6.45, 7) is 2.07. The summed E-state index contributed by atoms with van der Waals surface area (Å²) >= 11 is 0. The SMILES string of the molecule is Cc1ccccc1-c1c(-c2ccoc2)nn(C)c1N. The topological polar surface area (TPSA) is 57.0 Å². The van der Waals surface area contributed by atoms with Gasteiger partial charge in [-0.05, 0) is 24.1 Å². The number of nitrogen functional groups attached to an aromatic ring is 1. The summed E-state index contributed by atoms with van der Waals surface area (Å²) in [7, 11) is 1.85. The van der Waals surface area contributed by atoms with Crippen LogP contribution in [0.25, 0.3) is 22.4 Å². The van der Waals surface area contributed by atoms with Crippen molar-refractivity contribution in [1.29, 1.82) is 0 Å². The maximum absolute atomic E-state index is 6.18. The molecule has 4 nitrogen and oxygen atoms in total. The zero-order chi connectivity index (χ0) is 13.4. The third kappa shape index (κ3) is 1.81. The number of nitrogens with zero attached hydrogens (tertiary/aromatic N) is 2. The van der Waals surface area contributed by atoms with E-state index in [1.54, 1.807) is 17.2 Å². The molecule has 1 aromatic carbocycles. The van der Waals surface area contributed by atoms with Gasteiger partial charge in [0.2, 0.25) is 0 Å². The van der Waals surface area contributed by atoms with Gasteiger partial charge in [-0.3, -0.25) is 4.68 Å². The normalized spacial score (nSPS) is 10.8. The Bertz CT molecular complexity index is 711. The highest BCUT2D eigenvalue weighted by atomic mass is 16.3. The van der Waals surface area contributed by atoms with Gasteiger partial charge in [-0.2, -0.15) is 5.10 Å². The molecular formula is C15H15N3O. The molecule has 3 rings (SSSR count).